The molecule has 1 aliphatic heterocycles. The van der Waals surface area contributed by atoms with Crippen LogP contribution in [-0.4, -0.2) is 51.0 Å². The van der Waals surface area contributed by atoms with E-state index in [0.717, 1.165) is 49.2 Å². The van der Waals surface area contributed by atoms with Crippen LogP contribution in [0.3, 0.4) is 0 Å². The fourth-order valence-corrected chi connectivity index (χ4v) is 3.34. The summed E-state index contributed by atoms with van der Waals surface area (Å²) in [6.45, 7) is 7.82. The van der Waals surface area contributed by atoms with Gasteiger partial charge in [0.15, 0.2) is 5.82 Å². The van der Waals surface area contributed by atoms with Gasteiger partial charge in [0.2, 0.25) is 0 Å². The summed E-state index contributed by atoms with van der Waals surface area (Å²) in [7, 11) is 0. The molecule has 0 bridgehead atoms. The number of rotatable bonds is 4. The second-order valence-electron chi connectivity index (χ2n) is 6.57. The van der Waals surface area contributed by atoms with Crippen LogP contribution in [-0.2, 0) is 4.74 Å². The van der Waals surface area contributed by atoms with Crippen LogP contribution >= 0.6 is 0 Å². The van der Waals surface area contributed by atoms with Crippen molar-refractivity contribution in [2.45, 2.75) is 19.9 Å². The zero-order chi connectivity index (χ0) is 17.9. The van der Waals surface area contributed by atoms with Gasteiger partial charge >= 0.3 is 0 Å². The zero-order valence-corrected chi connectivity index (χ0v) is 15.2. The normalized spacial score (nSPS) is 16.5. The molecule has 0 spiro atoms. The second kappa shape index (κ2) is 7.35. The molecular weight excluding hydrogens is 326 g/mol. The van der Waals surface area contributed by atoms with Crippen molar-refractivity contribution < 1.29 is 4.74 Å². The minimum absolute atomic E-state index is 0.394. The Morgan fingerprint density at radius 1 is 1.00 bits per heavy atom. The van der Waals surface area contributed by atoms with Crippen molar-refractivity contribution in [1.82, 2.24) is 24.6 Å². The molecule has 134 valence electrons. The Labute approximate surface area is 153 Å². The summed E-state index contributed by atoms with van der Waals surface area (Å²) >= 11 is 0. The smallest absolute Gasteiger partial charge is 0.160 e. The Morgan fingerprint density at radius 3 is 2.38 bits per heavy atom. The van der Waals surface area contributed by atoms with E-state index in [1.54, 1.807) is 6.20 Å². The number of hydrogen-bond acceptors (Lipinski definition) is 5. The van der Waals surface area contributed by atoms with E-state index in [2.05, 4.69) is 51.3 Å². The van der Waals surface area contributed by atoms with Crippen molar-refractivity contribution in [3.8, 4) is 17.1 Å². The molecule has 2 aromatic heterocycles. The molecule has 1 aliphatic rings. The highest BCUT2D eigenvalue weighted by atomic mass is 16.5. The van der Waals surface area contributed by atoms with Crippen LogP contribution < -0.4 is 0 Å². The summed E-state index contributed by atoms with van der Waals surface area (Å²) < 4.78 is 7.36. The van der Waals surface area contributed by atoms with Gasteiger partial charge in [0.25, 0.3) is 0 Å². The molecule has 6 heteroatoms. The summed E-state index contributed by atoms with van der Waals surface area (Å²) in [5.41, 5.74) is 3.26. The summed E-state index contributed by atoms with van der Waals surface area (Å²) in [5.74, 6) is 1.68. The van der Waals surface area contributed by atoms with E-state index in [4.69, 9.17) is 4.74 Å². The number of aryl methyl sites for hydroxylation is 1. The minimum Gasteiger partial charge on any atom is -0.379 e. The van der Waals surface area contributed by atoms with E-state index in [0.29, 0.717) is 6.04 Å². The summed E-state index contributed by atoms with van der Waals surface area (Å²) in [5, 5.41) is 8.73. The first-order valence-electron chi connectivity index (χ1n) is 8.98. The van der Waals surface area contributed by atoms with E-state index in [1.807, 2.05) is 29.8 Å². The number of nitrogens with zero attached hydrogens (tertiary/aromatic N) is 5. The van der Waals surface area contributed by atoms with Gasteiger partial charge in [-0.15, -0.1) is 10.2 Å². The number of ether oxygens (including phenoxy) is 1. The van der Waals surface area contributed by atoms with Gasteiger partial charge < -0.3 is 4.74 Å². The van der Waals surface area contributed by atoms with Gasteiger partial charge in [-0.3, -0.25) is 9.47 Å². The number of imidazole rings is 1. The van der Waals surface area contributed by atoms with Crippen LogP contribution in [0.4, 0.5) is 0 Å². The second-order valence-corrected chi connectivity index (χ2v) is 6.57. The average molecular weight is 349 g/mol. The van der Waals surface area contributed by atoms with Crippen molar-refractivity contribution in [3.63, 3.8) is 0 Å². The number of benzene rings is 1. The van der Waals surface area contributed by atoms with Crippen molar-refractivity contribution >= 4 is 0 Å². The molecule has 0 N–H and O–H groups in total. The maximum Gasteiger partial charge on any atom is 0.160 e. The SMILES string of the molecule is Cc1nccn1-c1ccc(-c2ccc([C@@H](C)N3CCOCC3)cc2)nn1. The Morgan fingerprint density at radius 2 is 1.77 bits per heavy atom. The molecule has 0 unspecified atom stereocenters. The lowest BCUT2D eigenvalue weighted by Gasteiger charge is -2.32. The third kappa shape index (κ3) is 3.38. The van der Waals surface area contributed by atoms with E-state index < -0.39 is 0 Å². The van der Waals surface area contributed by atoms with Crippen molar-refractivity contribution in [3.05, 3.63) is 60.2 Å². The van der Waals surface area contributed by atoms with Gasteiger partial charge in [0.1, 0.15) is 5.82 Å². The van der Waals surface area contributed by atoms with Crippen LogP contribution in [0.1, 0.15) is 24.4 Å². The average Bonchev–Trinajstić information content (AvgIpc) is 3.14. The van der Waals surface area contributed by atoms with Crippen LogP contribution in [0.25, 0.3) is 17.1 Å². The standard InChI is InChI=1S/C20H23N5O/c1-15(24-11-13-26-14-12-24)17-3-5-18(6-4-17)19-7-8-20(23-22-19)25-10-9-21-16(25)2/h3-10,15H,11-14H2,1-2H3/t15-/m1/s1. The first kappa shape index (κ1) is 16.9. The topological polar surface area (TPSA) is 56.1 Å². The molecule has 0 aliphatic carbocycles. The number of aromatic nitrogens is 4. The van der Waals surface area contributed by atoms with Crippen LogP contribution in [0.5, 0.6) is 0 Å². The lowest BCUT2D eigenvalue weighted by Crippen LogP contribution is -2.37. The van der Waals surface area contributed by atoms with Crippen LogP contribution in [0, 0.1) is 6.92 Å². The molecule has 1 atom stereocenters. The molecule has 1 aromatic carbocycles. The maximum atomic E-state index is 5.44. The molecule has 0 radical (unpaired) electrons. The van der Waals surface area contributed by atoms with Crippen molar-refractivity contribution in [2.24, 2.45) is 0 Å². The molecule has 0 saturated carbocycles. The predicted octanol–water partition coefficient (Wildman–Crippen LogP) is 3.03. The quantitative estimate of drug-likeness (QED) is 0.725. The largest absolute Gasteiger partial charge is 0.379 e. The maximum absolute atomic E-state index is 5.44. The molecular formula is C20H23N5O. The van der Waals surface area contributed by atoms with Gasteiger partial charge in [0, 0.05) is 37.1 Å². The number of hydrogen-bond donors (Lipinski definition) is 0. The van der Waals surface area contributed by atoms with E-state index in [-0.39, 0.29) is 0 Å². The molecule has 1 fully saturated rings. The molecule has 3 aromatic rings. The van der Waals surface area contributed by atoms with Crippen LogP contribution in [0.15, 0.2) is 48.8 Å². The molecule has 0 amide bonds. The minimum atomic E-state index is 0.394. The Kier molecular flexibility index (Phi) is 4.77. The Hall–Kier alpha value is -2.57. The highest BCUT2D eigenvalue weighted by molar-refractivity contribution is 5.59. The van der Waals surface area contributed by atoms with Gasteiger partial charge in [-0.1, -0.05) is 24.3 Å². The lowest BCUT2D eigenvalue weighted by atomic mass is 10.0. The molecule has 26 heavy (non-hydrogen) atoms. The highest BCUT2D eigenvalue weighted by Gasteiger charge is 2.18. The summed E-state index contributed by atoms with van der Waals surface area (Å²) in [4.78, 5) is 6.68. The van der Waals surface area contributed by atoms with Gasteiger partial charge in [-0.2, -0.15) is 0 Å². The molecule has 1 saturated heterocycles. The first-order chi connectivity index (χ1) is 12.7. The van der Waals surface area contributed by atoms with E-state index >= 15 is 0 Å². The summed E-state index contributed by atoms with van der Waals surface area (Å²) in [6.07, 6.45) is 3.65. The van der Waals surface area contributed by atoms with Crippen LogP contribution in [0.2, 0.25) is 0 Å². The first-order valence-corrected chi connectivity index (χ1v) is 8.98. The monoisotopic (exact) mass is 349 g/mol. The third-order valence-corrected chi connectivity index (χ3v) is 5.01. The molecule has 3 heterocycles. The van der Waals surface area contributed by atoms with Gasteiger partial charge in [0.05, 0.1) is 18.9 Å². The van der Waals surface area contributed by atoms with Crippen molar-refractivity contribution in [1.29, 1.82) is 0 Å². The zero-order valence-electron chi connectivity index (χ0n) is 15.2. The van der Waals surface area contributed by atoms with Gasteiger partial charge in [-0.05, 0) is 31.5 Å². The van der Waals surface area contributed by atoms with Crippen molar-refractivity contribution in [2.75, 3.05) is 26.3 Å². The predicted molar refractivity (Wildman–Crippen MR) is 100 cm³/mol. The summed E-state index contributed by atoms with van der Waals surface area (Å²) in [6, 6.07) is 13.0. The Bertz CT molecular complexity index is 851. The Balaban J connectivity index is 1.50. The molecule has 4 rings (SSSR count). The van der Waals surface area contributed by atoms with Gasteiger partial charge in [-0.25, -0.2) is 4.98 Å². The highest BCUT2D eigenvalue weighted by Crippen LogP contribution is 2.24. The molecule has 6 nitrogen and oxygen atoms in total. The number of morpholine rings is 1. The fraction of sp³-hybridized carbons (Fsp3) is 0.350. The third-order valence-electron chi connectivity index (χ3n) is 5.01. The lowest BCUT2D eigenvalue weighted by molar-refractivity contribution is 0.0198. The van der Waals surface area contributed by atoms with E-state index in [9.17, 15) is 0 Å². The van der Waals surface area contributed by atoms with E-state index in [1.165, 1.54) is 5.56 Å². The fourth-order valence-electron chi connectivity index (χ4n) is 3.34.